The van der Waals surface area contributed by atoms with E-state index in [1.54, 1.807) is 0 Å². The number of carbonyl (C=O) groups is 1. The van der Waals surface area contributed by atoms with Gasteiger partial charge in [-0.1, -0.05) is 12.1 Å². The number of nitrogens with one attached hydrogen (secondary N) is 2. The van der Waals surface area contributed by atoms with Crippen molar-refractivity contribution in [1.82, 2.24) is 5.32 Å². The topological polar surface area (TPSA) is 41.1 Å². The summed E-state index contributed by atoms with van der Waals surface area (Å²) in [4.78, 5) is 11.4. The van der Waals surface area contributed by atoms with Crippen molar-refractivity contribution in [3.8, 4) is 0 Å². The van der Waals surface area contributed by atoms with Gasteiger partial charge in [0.2, 0.25) is 5.91 Å². The van der Waals surface area contributed by atoms with Crippen molar-refractivity contribution in [3.05, 3.63) is 29.8 Å². The minimum atomic E-state index is -4.40. The molecule has 0 aliphatic rings. The lowest BCUT2D eigenvalue weighted by Gasteiger charge is -2.14. The number of halogens is 3. The van der Waals surface area contributed by atoms with Crippen molar-refractivity contribution in [1.29, 1.82) is 0 Å². The molecule has 0 unspecified atom stereocenters. The highest BCUT2D eigenvalue weighted by Crippen LogP contribution is 2.34. The number of carbonyl (C=O) groups excluding carboxylic acids is 1. The van der Waals surface area contributed by atoms with Gasteiger partial charge < -0.3 is 10.6 Å². The van der Waals surface area contributed by atoms with Crippen LogP contribution in [0.1, 0.15) is 25.8 Å². The summed E-state index contributed by atoms with van der Waals surface area (Å²) in [7, 11) is 0. The van der Waals surface area contributed by atoms with E-state index in [-0.39, 0.29) is 30.6 Å². The normalized spacial score (nSPS) is 11.5. The summed E-state index contributed by atoms with van der Waals surface area (Å²) in [5, 5.41) is 5.32. The van der Waals surface area contributed by atoms with Crippen molar-refractivity contribution < 1.29 is 18.0 Å². The van der Waals surface area contributed by atoms with Crippen molar-refractivity contribution in [2.75, 3.05) is 11.9 Å². The van der Waals surface area contributed by atoms with Gasteiger partial charge in [0.1, 0.15) is 0 Å². The fourth-order valence-corrected chi connectivity index (χ4v) is 1.59. The lowest BCUT2D eigenvalue weighted by atomic mass is 10.1. The molecule has 3 nitrogen and oxygen atoms in total. The highest BCUT2D eigenvalue weighted by Gasteiger charge is 2.32. The molecule has 0 aliphatic heterocycles. The summed E-state index contributed by atoms with van der Waals surface area (Å²) < 4.78 is 38.1. The second-order valence-electron chi connectivity index (χ2n) is 4.44. The van der Waals surface area contributed by atoms with Crippen LogP contribution in [0.5, 0.6) is 0 Å². The van der Waals surface area contributed by atoms with Crippen LogP contribution in [0, 0.1) is 0 Å². The third kappa shape index (κ3) is 5.19. The lowest BCUT2D eigenvalue weighted by Crippen LogP contribution is -2.31. The van der Waals surface area contributed by atoms with E-state index in [1.807, 2.05) is 13.8 Å². The molecule has 106 valence electrons. The van der Waals surface area contributed by atoms with Gasteiger partial charge in [-0.25, -0.2) is 0 Å². The molecule has 0 fully saturated rings. The average Bonchev–Trinajstić information content (AvgIpc) is 2.27. The summed E-state index contributed by atoms with van der Waals surface area (Å²) >= 11 is 0. The Kier molecular flexibility index (Phi) is 5.20. The van der Waals surface area contributed by atoms with Crippen LogP contribution in [-0.4, -0.2) is 18.5 Å². The van der Waals surface area contributed by atoms with Crippen LogP contribution in [0.15, 0.2) is 24.3 Å². The molecule has 0 atom stereocenters. The number of para-hydroxylation sites is 1. The monoisotopic (exact) mass is 274 g/mol. The minimum Gasteiger partial charge on any atom is -0.384 e. The van der Waals surface area contributed by atoms with Gasteiger partial charge in [-0.3, -0.25) is 4.79 Å². The second kappa shape index (κ2) is 6.45. The van der Waals surface area contributed by atoms with E-state index in [2.05, 4.69) is 10.6 Å². The molecule has 0 bridgehead atoms. The molecular weight excluding hydrogens is 257 g/mol. The van der Waals surface area contributed by atoms with Gasteiger partial charge in [0.15, 0.2) is 0 Å². The number of amides is 1. The van der Waals surface area contributed by atoms with Gasteiger partial charge in [-0.2, -0.15) is 13.2 Å². The molecule has 2 N–H and O–H groups in total. The molecule has 0 saturated heterocycles. The Morgan fingerprint density at radius 1 is 1.26 bits per heavy atom. The quantitative estimate of drug-likeness (QED) is 0.866. The lowest BCUT2D eigenvalue weighted by molar-refractivity contribution is -0.137. The van der Waals surface area contributed by atoms with Gasteiger partial charge in [0.05, 0.1) is 5.56 Å². The Morgan fingerprint density at radius 2 is 1.89 bits per heavy atom. The van der Waals surface area contributed by atoms with Gasteiger partial charge in [0.25, 0.3) is 0 Å². The van der Waals surface area contributed by atoms with Gasteiger partial charge >= 0.3 is 6.18 Å². The molecule has 19 heavy (non-hydrogen) atoms. The van der Waals surface area contributed by atoms with Crippen molar-refractivity contribution in [2.24, 2.45) is 0 Å². The molecule has 0 heterocycles. The molecule has 0 aliphatic carbocycles. The van der Waals surface area contributed by atoms with Crippen LogP contribution in [0.25, 0.3) is 0 Å². The van der Waals surface area contributed by atoms with E-state index in [9.17, 15) is 18.0 Å². The summed E-state index contributed by atoms with van der Waals surface area (Å²) in [6.07, 6.45) is -4.27. The molecule has 0 aromatic heterocycles. The standard InChI is InChI=1S/C13H17F3N2O/c1-9(2)18-12(19)7-8-17-11-6-4-3-5-10(11)13(14,15)16/h3-6,9,17H,7-8H2,1-2H3,(H,18,19). The third-order valence-electron chi connectivity index (χ3n) is 2.35. The maximum atomic E-state index is 12.7. The van der Waals surface area contributed by atoms with Gasteiger partial charge in [-0.05, 0) is 26.0 Å². The van der Waals surface area contributed by atoms with E-state index in [1.165, 1.54) is 18.2 Å². The largest absolute Gasteiger partial charge is 0.418 e. The summed E-state index contributed by atoms with van der Waals surface area (Å²) in [6, 6.07) is 5.24. The average molecular weight is 274 g/mol. The molecule has 1 amide bonds. The first-order valence-electron chi connectivity index (χ1n) is 6.00. The highest BCUT2D eigenvalue weighted by molar-refractivity contribution is 5.76. The molecule has 1 aromatic carbocycles. The van der Waals surface area contributed by atoms with Gasteiger partial charge in [-0.15, -0.1) is 0 Å². The van der Waals surface area contributed by atoms with E-state index in [0.717, 1.165) is 6.07 Å². The van der Waals surface area contributed by atoms with Crippen LogP contribution in [0.3, 0.4) is 0 Å². The van der Waals surface area contributed by atoms with Crippen LogP contribution >= 0.6 is 0 Å². The molecular formula is C13H17F3N2O. The Bertz CT molecular complexity index is 430. The predicted molar refractivity (Wildman–Crippen MR) is 67.8 cm³/mol. The Hall–Kier alpha value is -1.72. The summed E-state index contributed by atoms with van der Waals surface area (Å²) in [5.41, 5.74) is -0.730. The maximum Gasteiger partial charge on any atom is 0.418 e. The molecule has 1 aromatic rings. The molecule has 0 radical (unpaired) electrons. The number of hydrogen-bond acceptors (Lipinski definition) is 2. The van der Waals surface area contributed by atoms with Gasteiger partial charge in [0, 0.05) is 24.7 Å². The molecule has 1 rings (SSSR count). The van der Waals surface area contributed by atoms with E-state index < -0.39 is 11.7 Å². The SMILES string of the molecule is CC(C)NC(=O)CCNc1ccccc1C(F)(F)F. The van der Waals surface area contributed by atoms with E-state index >= 15 is 0 Å². The fourth-order valence-electron chi connectivity index (χ4n) is 1.59. The number of benzene rings is 1. The molecule has 0 spiro atoms. The number of hydrogen-bond donors (Lipinski definition) is 2. The third-order valence-corrected chi connectivity index (χ3v) is 2.35. The zero-order valence-corrected chi connectivity index (χ0v) is 10.8. The summed E-state index contributed by atoms with van der Waals surface area (Å²) in [5.74, 6) is -0.188. The molecule has 6 heteroatoms. The number of rotatable bonds is 5. The van der Waals surface area contributed by atoms with Crippen LogP contribution in [0.4, 0.5) is 18.9 Å². The fraction of sp³-hybridized carbons (Fsp3) is 0.462. The van der Waals surface area contributed by atoms with Crippen molar-refractivity contribution in [2.45, 2.75) is 32.5 Å². The first-order valence-corrected chi connectivity index (χ1v) is 6.00. The van der Waals surface area contributed by atoms with Crippen LogP contribution < -0.4 is 10.6 Å². The minimum absolute atomic E-state index is 0.00709. The van der Waals surface area contributed by atoms with E-state index in [0.29, 0.717) is 0 Å². The van der Waals surface area contributed by atoms with E-state index in [4.69, 9.17) is 0 Å². The second-order valence-corrected chi connectivity index (χ2v) is 4.44. The Morgan fingerprint density at radius 3 is 2.47 bits per heavy atom. The zero-order valence-electron chi connectivity index (χ0n) is 10.8. The number of anilines is 1. The Balaban J connectivity index is 2.57. The first-order chi connectivity index (χ1) is 8.80. The first kappa shape index (κ1) is 15.3. The maximum absolute atomic E-state index is 12.7. The number of alkyl halides is 3. The zero-order chi connectivity index (χ0) is 14.5. The highest BCUT2D eigenvalue weighted by atomic mass is 19.4. The summed E-state index contributed by atoms with van der Waals surface area (Å²) in [6.45, 7) is 3.81. The smallest absolute Gasteiger partial charge is 0.384 e. The van der Waals surface area contributed by atoms with Crippen LogP contribution in [0.2, 0.25) is 0 Å². The predicted octanol–water partition coefficient (Wildman–Crippen LogP) is 3.03. The molecule has 0 saturated carbocycles. The van der Waals surface area contributed by atoms with Crippen molar-refractivity contribution >= 4 is 11.6 Å². The van der Waals surface area contributed by atoms with Crippen LogP contribution in [-0.2, 0) is 11.0 Å². The Labute approximate surface area is 110 Å². The van der Waals surface area contributed by atoms with Crippen molar-refractivity contribution in [3.63, 3.8) is 0 Å².